The van der Waals surface area contributed by atoms with Crippen molar-refractivity contribution in [2.75, 3.05) is 19.7 Å². The lowest BCUT2D eigenvalue weighted by Crippen LogP contribution is -2.42. The summed E-state index contributed by atoms with van der Waals surface area (Å²) in [7, 11) is 0. The van der Waals surface area contributed by atoms with Crippen LogP contribution in [0.1, 0.15) is 27.2 Å². The number of carbonyl (C=O) groups is 2. The average molecular weight is 228 g/mol. The first-order valence-electron chi connectivity index (χ1n) is 5.59. The third-order valence-corrected chi connectivity index (χ3v) is 2.77. The molecule has 1 atom stereocenters. The minimum atomic E-state index is -0.581. The van der Waals surface area contributed by atoms with Crippen molar-refractivity contribution < 1.29 is 14.3 Å². The Morgan fingerprint density at radius 3 is 2.50 bits per heavy atom. The summed E-state index contributed by atoms with van der Waals surface area (Å²) in [6, 6.07) is 0. The fourth-order valence-electron chi connectivity index (χ4n) is 1.85. The summed E-state index contributed by atoms with van der Waals surface area (Å²) in [5.41, 5.74) is 4.94. The highest BCUT2D eigenvalue weighted by atomic mass is 16.5. The zero-order chi connectivity index (χ0) is 12.3. The summed E-state index contributed by atoms with van der Waals surface area (Å²) in [5.74, 6) is -0.260. The van der Waals surface area contributed by atoms with E-state index in [9.17, 15) is 9.59 Å². The molecule has 0 spiro atoms. The highest BCUT2D eigenvalue weighted by Crippen LogP contribution is 2.31. The summed E-state index contributed by atoms with van der Waals surface area (Å²) < 4.78 is 5.35. The lowest BCUT2D eigenvalue weighted by atomic mass is 9.92. The zero-order valence-electron chi connectivity index (χ0n) is 10.2. The smallest absolute Gasteiger partial charge is 0.235 e. The molecule has 0 radical (unpaired) electrons. The molecule has 92 valence electrons. The van der Waals surface area contributed by atoms with E-state index in [1.165, 1.54) is 4.90 Å². The topological polar surface area (TPSA) is 72.6 Å². The van der Waals surface area contributed by atoms with Crippen LogP contribution in [0.5, 0.6) is 0 Å². The molecule has 1 heterocycles. The van der Waals surface area contributed by atoms with E-state index in [1.54, 1.807) is 13.8 Å². The largest absolute Gasteiger partial charge is 0.375 e. The van der Waals surface area contributed by atoms with Crippen molar-refractivity contribution in [1.29, 1.82) is 0 Å². The maximum Gasteiger partial charge on any atom is 0.235 e. The van der Waals surface area contributed by atoms with Gasteiger partial charge in [0.2, 0.25) is 11.8 Å². The van der Waals surface area contributed by atoms with Gasteiger partial charge in [-0.3, -0.25) is 14.5 Å². The van der Waals surface area contributed by atoms with Crippen molar-refractivity contribution >= 4 is 11.8 Å². The second kappa shape index (κ2) is 4.93. The van der Waals surface area contributed by atoms with Gasteiger partial charge in [-0.2, -0.15) is 0 Å². The number of carbonyl (C=O) groups excluding carboxylic acids is 2. The van der Waals surface area contributed by atoms with Gasteiger partial charge < -0.3 is 10.5 Å². The van der Waals surface area contributed by atoms with E-state index in [4.69, 9.17) is 10.5 Å². The Morgan fingerprint density at radius 2 is 2.12 bits per heavy atom. The van der Waals surface area contributed by atoms with Crippen molar-refractivity contribution in [3.05, 3.63) is 0 Å². The Kier molecular flexibility index (Phi) is 4.04. The van der Waals surface area contributed by atoms with Crippen molar-refractivity contribution in [3.63, 3.8) is 0 Å². The van der Waals surface area contributed by atoms with Crippen LogP contribution in [0.2, 0.25) is 0 Å². The minimum absolute atomic E-state index is 0.129. The van der Waals surface area contributed by atoms with Gasteiger partial charge in [0, 0.05) is 19.6 Å². The van der Waals surface area contributed by atoms with Gasteiger partial charge in [-0.15, -0.1) is 0 Å². The van der Waals surface area contributed by atoms with Gasteiger partial charge in [0.15, 0.2) is 0 Å². The number of nitrogens with two attached hydrogens (primary N) is 1. The lowest BCUT2D eigenvalue weighted by molar-refractivity contribution is -0.142. The first kappa shape index (κ1) is 13.1. The molecule has 5 heteroatoms. The third kappa shape index (κ3) is 2.59. The van der Waals surface area contributed by atoms with Gasteiger partial charge in [0.1, 0.15) is 0 Å². The molecule has 0 aromatic carbocycles. The Hall–Kier alpha value is -0.940. The summed E-state index contributed by atoms with van der Waals surface area (Å²) in [6.07, 6.45) is 0.0155. The number of nitrogens with zero attached hydrogens (tertiary/aromatic N) is 1. The summed E-state index contributed by atoms with van der Waals surface area (Å²) >= 11 is 0. The molecule has 0 aromatic rings. The van der Waals surface area contributed by atoms with Crippen LogP contribution in [-0.4, -0.2) is 42.5 Å². The van der Waals surface area contributed by atoms with Crippen LogP contribution in [0.25, 0.3) is 0 Å². The fraction of sp³-hybridized carbons (Fsp3) is 0.818. The molecule has 5 nitrogen and oxygen atoms in total. The van der Waals surface area contributed by atoms with Gasteiger partial charge in [-0.25, -0.2) is 0 Å². The van der Waals surface area contributed by atoms with Crippen LogP contribution >= 0.6 is 0 Å². The summed E-state index contributed by atoms with van der Waals surface area (Å²) in [5, 5.41) is 0. The van der Waals surface area contributed by atoms with E-state index in [1.807, 2.05) is 6.92 Å². The van der Waals surface area contributed by atoms with Gasteiger partial charge in [0.05, 0.1) is 18.1 Å². The first-order valence-corrected chi connectivity index (χ1v) is 5.59. The van der Waals surface area contributed by atoms with Crippen molar-refractivity contribution in [1.82, 2.24) is 4.90 Å². The maximum atomic E-state index is 11.9. The number of imide groups is 1. The van der Waals surface area contributed by atoms with Gasteiger partial charge >= 0.3 is 0 Å². The summed E-state index contributed by atoms with van der Waals surface area (Å²) in [6.45, 7) is 6.54. The number of ether oxygens (including phenoxy) is 1. The fourth-order valence-corrected chi connectivity index (χ4v) is 1.85. The Bertz CT molecular complexity index is 289. The molecule has 1 rings (SSSR count). The van der Waals surface area contributed by atoms with Crippen molar-refractivity contribution in [2.24, 2.45) is 11.1 Å². The normalized spacial score (nSPS) is 21.6. The third-order valence-electron chi connectivity index (χ3n) is 2.77. The molecular weight excluding hydrogens is 208 g/mol. The van der Waals surface area contributed by atoms with E-state index in [0.29, 0.717) is 13.2 Å². The van der Waals surface area contributed by atoms with Crippen molar-refractivity contribution in [2.45, 2.75) is 33.3 Å². The Morgan fingerprint density at radius 1 is 1.50 bits per heavy atom. The van der Waals surface area contributed by atoms with Gasteiger partial charge in [-0.05, 0) is 6.92 Å². The van der Waals surface area contributed by atoms with E-state index in [0.717, 1.165) is 0 Å². The number of hydrogen-bond donors (Lipinski definition) is 1. The predicted octanol–water partition coefficient (Wildman–Crippen LogP) is 0.135. The highest BCUT2D eigenvalue weighted by Gasteiger charge is 2.45. The highest BCUT2D eigenvalue weighted by molar-refractivity contribution is 6.05. The van der Waals surface area contributed by atoms with E-state index >= 15 is 0 Å². The SMILES string of the molecule is CCOC(CN)CN1C(=O)CC(C)(C)C1=O. The molecule has 2 N–H and O–H groups in total. The maximum absolute atomic E-state index is 11.9. The first-order chi connectivity index (χ1) is 7.42. The van der Waals surface area contributed by atoms with E-state index in [-0.39, 0.29) is 30.9 Å². The lowest BCUT2D eigenvalue weighted by Gasteiger charge is -2.22. The molecule has 2 amide bonds. The van der Waals surface area contributed by atoms with E-state index < -0.39 is 5.41 Å². The van der Waals surface area contributed by atoms with Crippen LogP contribution < -0.4 is 5.73 Å². The number of amides is 2. The number of rotatable bonds is 5. The van der Waals surface area contributed by atoms with Crippen LogP contribution in [0.15, 0.2) is 0 Å². The van der Waals surface area contributed by atoms with Crippen LogP contribution in [0, 0.1) is 5.41 Å². The molecule has 1 aliphatic rings. The minimum Gasteiger partial charge on any atom is -0.375 e. The second-order valence-corrected chi connectivity index (χ2v) is 4.68. The van der Waals surface area contributed by atoms with E-state index in [2.05, 4.69) is 0 Å². The molecule has 1 fully saturated rings. The molecule has 1 unspecified atom stereocenters. The Balaban J connectivity index is 2.67. The predicted molar refractivity (Wildman–Crippen MR) is 59.6 cm³/mol. The summed E-state index contributed by atoms with van der Waals surface area (Å²) in [4.78, 5) is 24.8. The zero-order valence-corrected chi connectivity index (χ0v) is 10.2. The Labute approximate surface area is 95.9 Å². The van der Waals surface area contributed by atoms with Crippen LogP contribution in [0.3, 0.4) is 0 Å². The number of likely N-dealkylation sites (tertiary alicyclic amines) is 1. The molecule has 0 bridgehead atoms. The molecule has 16 heavy (non-hydrogen) atoms. The molecule has 0 saturated carbocycles. The molecule has 1 aliphatic heterocycles. The van der Waals surface area contributed by atoms with Gasteiger partial charge in [0.25, 0.3) is 0 Å². The standard InChI is InChI=1S/C11H20N2O3/c1-4-16-8(6-12)7-13-9(14)5-11(2,3)10(13)15/h8H,4-7,12H2,1-3H3. The monoisotopic (exact) mass is 228 g/mol. The average Bonchev–Trinajstić information content (AvgIpc) is 2.39. The quantitative estimate of drug-likeness (QED) is 0.679. The second-order valence-electron chi connectivity index (χ2n) is 4.68. The van der Waals surface area contributed by atoms with Crippen LogP contribution in [0.4, 0.5) is 0 Å². The molecule has 0 aromatic heterocycles. The molecule has 1 saturated heterocycles. The molecule has 0 aliphatic carbocycles. The van der Waals surface area contributed by atoms with Gasteiger partial charge in [-0.1, -0.05) is 13.8 Å². The molecular formula is C11H20N2O3. The number of hydrogen-bond acceptors (Lipinski definition) is 4. The van der Waals surface area contributed by atoms with Crippen molar-refractivity contribution in [3.8, 4) is 0 Å². The van der Waals surface area contributed by atoms with Crippen LogP contribution in [-0.2, 0) is 14.3 Å².